The minimum atomic E-state index is -0.0112. The second-order valence-electron chi connectivity index (χ2n) is 4.21. The van der Waals surface area contributed by atoms with Gasteiger partial charge >= 0.3 is 0 Å². The number of nitrogens with zero attached hydrogens (tertiary/aromatic N) is 1. The number of nitrogen functional groups attached to an aromatic ring is 1. The Morgan fingerprint density at radius 2 is 2.28 bits per heavy atom. The molecule has 0 spiro atoms. The van der Waals surface area contributed by atoms with E-state index in [0.717, 1.165) is 19.6 Å². The molecule has 0 aromatic heterocycles. The molecule has 0 bridgehead atoms. The van der Waals surface area contributed by atoms with E-state index >= 15 is 0 Å². The number of benzene rings is 1. The molecule has 2 rings (SSSR count). The molecular weight excluding hydrogens is 232 g/mol. The fraction of sp³-hybridized carbons (Fsp3) is 0.462. The van der Waals surface area contributed by atoms with Crippen LogP contribution in [0.4, 0.5) is 5.69 Å². The van der Waals surface area contributed by atoms with Crippen LogP contribution in [0.1, 0.15) is 6.42 Å². The van der Waals surface area contributed by atoms with E-state index in [-0.39, 0.29) is 12.5 Å². The average Bonchev–Trinajstić information content (AvgIpc) is 2.65. The van der Waals surface area contributed by atoms with Gasteiger partial charge in [0, 0.05) is 31.5 Å². The molecule has 5 nitrogen and oxygen atoms in total. The van der Waals surface area contributed by atoms with E-state index < -0.39 is 0 Å². The van der Waals surface area contributed by atoms with Gasteiger partial charge in [-0.05, 0) is 18.6 Å². The molecule has 1 aliphatic heterocycles. The van der Waals surface area contributed by atoms with Crippen molar-refractivity contribution in [3.05, 3.63) is 24.3 Å². The summed E-state index contributed by atoms with van der Waals surface area (Å²) in [7, 11) is 0. The van der Waals surface area contributed by atoms with Crippen molar-refractivity contribution in [1.29, 1.82) is 0 Å². The van der Waals surface area contributed by atoms with Gasteiger partial charge < -0.3 is 20.1 Å². The third-order valence-electron chi connectivity index (χ3n) is 2.80. The van der Waals surface area contributed by atoms with Crippen molar-refractivity contribution in [3.8, 4) is 5.75 Å². The van der Waals surface area contributed by atoms with Gasteiger partial charge in [0.1, 0.15) is 5.75 Å². The zero-order valence-electron chi connectivity index (χ0n) is 10.3. The lowest BCUT2D eigenvalue weighted by molar-refractivity contribution is -0.133. The van der Waals surface area contributed by atoms with E-state index in [1.54, 1.807) is 29.2 Å². The van der Waals surface area contributed by atoms with E-state index in [0.29, 0.717) is 24.6 Å². The summed E-state index contributed by atoms with van der Waals surface area (Å²) in [5.74, 6) is 0.609. The first-order chi connectivity index (χ1) is 8.75. The van der Waals surface area contributed by atoms with Crippen molar-refractivity contribution < 1.29 is 14.3 Å². The van der Waals surface area contributed by atoms with Gasteiger partial charge in [0.25, 0.3) is 5.91 Å². The summed E-state index contributed by atoms with van der Waals surface area (Å²) in [6.45, 7) is 2.74. The van der Waals surface area contributed by atoms with Gasteiger partial charge in [-0.15, -0.1) is 0 Å². The number of anilines is 1. The van der Waals surface area contributed by atoms with E-state index in [2.05, 4.69) is 0 Å². The molecule has 1 saturated heterocycles. The fourth-order valence-corrected chi connectivity index (χ4v) is 1.84. The molecule has 5 heteroatoms. The lowest BCUT2D eigenvalue weighted by atomic mass is 10.3. The van der Waals surface area contributed by atoms with Crippen LogP contribution in [0, 0.1) is 0 Å². The van der Waals surface area contributed by atoms with Crippen LogP contribution in [0.2, 0.25) is 0 Å². The van der Waals surface area contributed by atoms with Crippen LogP contribution in [-0.4, -0.2) is 43.7 Å². The number of ether oxygens (including phenoxy) is 2. The average molecular weight is 250 g/mol. The number of carbonyl (C=O) groups is 1. The summed E-state index contributed by atoms with van der Waals surface area (Å²) in [5, 5.41) is 0. The summed E-state index contributed by atoms with van der Waals surface area (Å²) in [5.41, 5.74) is 6.26. The van der Waals surface area contributed by atoms with Crippen molar-refractivity contribution in [2.45, 2.75) is 6.42 Å². The topological polar surface area (TPSA) is 64.8 Å². The highest BCUT2D eigenvalue weighted by molar-refractivity contribution is 5.77. The molecule has 1 aliphatic rings. The zero-order valence-corrected chi connectivity index (χ0v) is 10.3. The van der Waals surface area contributed by atoms with E-state index in [4.69, 9.17) is 15.2 Å². The molecule has 1 heterocycles. The smallest absolute Gasteiger partial charge is 0.260 e. The number of carbonyl (C=O) groups excluding carboxylic acids is 1. The highest BCUT2D eigenvalue weighted by Gasteiger charge is 2.15. The van der Waals surface area contributed by atoms with Crippen molar-refractivity contribution >= 4 is 11.6 Å². The second-order valence-corrected chi connectivity index (χ2v) is 4.21. The molecule has 0 radical (unpaired) electrons. The van der Waals surface area contributed by atoms with Crippen molar-refractivity contribution in [1.82, 2.24) is 4.90 Å². The number of amides is 1. The molecule has 1 fully saturated rings. The number of nitrogens with two attached hydrogens (primary N) is 1. The molecule has 0 aliphatic carbocycles. The van der Waals surface area contributed by atoms with Crippen molar-refractivity contribution in [2.24, 2.45) is 0 Å². The quantitative estimate of drug-likeness (QED) is 0.809. The lowest BCUT2D eigenvalue weighted by Gasteiger charge is -2.19. The SMILES string of the molecule is Nc1cccc(OCC(=O)N2CCCOCC2)c1. The van der Waals surface area contributed by atoms with Gasteiger partial charge in [-0.3, -0.25) is 4.79 Å². The van der Waals surface area contributed by atoms with Gasteiger partial charge in [0.15, 0.2) is 6.61 Å². The van der Waals surface area contributed by atoms with Crippen LogP contribution >= 0.6 is 0 Å². The van der Waals surface area contributed by atoms with Crippen molar-refractivity contribution in [3.63, 3.8) is 0 Å². The Labute approximate surface area is 106 Å². The first-order valence-electron chi connectivity index (χ1n) is 6.09. The van der Waals surface area contributed by atoms with Crippen LogP contribution in [0.25, 0.3) is 0 Å². The Hall–Kier alpha value is -1.75. The summed E-state index contributed by atoms with van der Waals surface area (Å²) in [4.78, 5) is 13.7. The fourth-order valence-electron chi connectivity index (χ4n) is 1.84. The summed E-state index contributed by atoms with van der Waals surface area (Å²) >= 11 is 0. The standard InChI is InChI=1S/C13H18N2O3/c14-11-3-1-4-12(9-11)18-10-13(16)15-5-2-7-17-8-6-15/h1,3-4,9H,2,5-8,10,14H2. The zero-order chi connectivity index (χ0) is 12.8. The molecule has 98 valence electrons. The minimum Gasteiger partial charge on any atom is -0.484 e. The van der Waals surface area contributed by atoms with Gasteiger partial charge in [-0.2, -0.15) is 0 Å². The minimum absolute atomic E-state index is 0.0112. The Bertz CT molecular complexity index is 401. The third-order valence-corrected chi connectivity index (χ3v) is 2.80. The normalized spacial score (nSPS) is 16.1. The van der Waals surface area contributed by atoms with E-state index in [1.807, 2.05) is 0 Å². The highest BCUT2D eigenvalue weighted by atomic mass is 16.5. The largest absolute Gasteiger partial charge is 0.484 e. The maximum atomic E-state index is 11.9. The van der Waals surface area contributed by atoms with Crippen LogP contribution in [0.3, 0.4) is 0 Å². The van der Waals surface area contributed by atoms with Gasteiger partial charge in [0.05, 0.1) is 6.61 Å². The maximum absolute atomic E-state index is 11.9. The Balaban J connectivity index is 1.83. The number of hydrogen-bond acceptors (Lipinski definition) is 4. The third kappa shape index (κ3) is 3.63. The number of hydrogen-bond donors (Lipinski definition) is 1. The predicted octanol–water partition coefficient (Wildman–Crippen LogP) is 0.896. The summed E-state index contributed by atoms with van der Waals surface area (Å²) < 4.78 is 10.7. The van der Waals surface area contributed by atoms with Crippen molar-refractivity contribution in [2.75, 3.05) is 38.6 Å². The Morgan fingerprint density at radius 1 is 1.39 bits per heavy atom. The highest BCUT2D eigenvalue weighted by Crippen LogP contribution is 2.14. The summed E-state index contributed by atoms with van der Waals surface area (Å²) in [6, 6.07) is 7.07. The maximum Gasteiger partial charge on any atom is 0.260 e. The van der Waals surface area contributed by atoms with Gasteiger partial charge in [0.2, 0.25) is 0 Å². The molecule has 0 saturated carbocycles. The molecule has 0 atom stereocenters. The molecule has 1 amide bonds. The van der Waals surface area contributed by atoms with Gasteiger partial charge in [-0.1, -0.05) is 6.07 Å². The first-order valence-corrected chi connectivity index (χ1v) is 6.09. The lowest BCUT2D eigenvalue weighted by Crippen LogP contribution is -2.36. The Kier molecular flexibility index (Phi) is 4.41. The number of rotatable bonds is 3. The van der Waals surface area contributed by atoms with Gasteiger partial charge in [-0.25, -0.2) is 0 Å². The van der Waals surface area contributed by atoms with Crippen LogP contribution in [0.5, 0.6) is 5.75 Å². The van der Waals surface area contributed by atoms with Crippen LogP contribution in [0.15, 0.2) is 24.3 Å². The monoisotopic (exact) mass is 250 g/mol. The molecular formula is C13H18N2O3. The Morgan fingerprint density at radius 3 is 3.11 bits per heavy atom. The molecule has 1 aromatic rings. The summed E-state index contributed by atoms with van der Waals surface area (Å²) in [6.07, 6.45) is 0.879. The predicted molar refractivity (Wildman–Crippen MR) is 68.4 cm³/mol. The first kappa shape index (κ1) is 12.7. The second kappa shape index (κ2) is 6.26. The molecule has 1 aromatic carbocycles. The molecule has 2 N–H and O–H groups in total. The molecule has 0 unspecified atom stereocenters. The molecule has 18 heavy (non-hydrogen) atoms. The van der Waals surface area contributed by atoms with Crippen LogP contribution < -0.4 is 10.5 Å². The van der Waals surface area contributed by atoms with E-state index in [1.165, 1.54) is 0 Å². The van der Waals surface area contributed by atoms with Crippen LogP contribution in [-0.2, 0) is 9.53 Å². The van der Waals surface area contributed by atoms with E-state index in [9.17, 15) is 4.79 Å².